The zero-order chi connectivity index (χ0) is 31.7. The molecule has 0 bridgehead atoms. The van der Waals surface area contributed by atoms with Crippen LogP contribution in [0.4, 0.5) is 5.82 Å². The summed E-state index contributed by atoms with van der Waals surface area (Å²) in [5.74, 6) is 2.87. The summed E-state index contributed by atoms with van der Waals surface area (Å²) < 4.78 is 39.7. The Balaban J connectivity index is 1.92. The molecule has 14 nitrogen and oxygen atoms in total. The molecule has 1 aliphatic heterocycles. The quantitative estimate of drug-likeness (QED) is 0.152. The highest BCUT2D eigenvalue weighted by molar-refractivity contribution is 7.51. The smallest absolute Gasteiger partial charge is 0.325 e. The van der Waals surface area contributed by atoms with Gasteiger partial charge in [-0.2, -0.15) is 0 Å². The third-order valence-electron chi connectivity index (χ3n) is 5.93. The molecule has 43 heavy (non-hydrogen) atoms. The van der Waals surface area contributed by atoms with Crippen molar-refractivity contribution in [2.75, 3.05) is 11.5 Å². The number of fused-ring (bicyclic) bond motifs is 1. The molecule has 1 saturated heterocycles. The van der Waals surface area contributed by atoms with E-state index in [1.807, 2.05) is 6.92 Å². The van der Waals surface area contributed by atoms with Gasteiger partial charge in [-0.1, -0.05) is 12.8 Å². The lowest BCUT2D eigenvalue weighted by molar-refractivity contribution is -0.283. The third kappa shape index (κ3) is 10.3. The first-order chi connectivity index (χ1) is 20.3. The fourth-order valence-electron chi connectivity index (χ4n) is 4.27. The summed E-state index contributed by atoms with van der Waals surface area (Å²) in [5.41, 5.74) is 0.500. The maximum atomic E-state index is 12.0. The predicted octanol–water partition coefficient (Wildman–Crippen LogP) is 2.44. The van der Waals surface area contributed by atoms with Crippen molar-refractivity contribution < 1.29 is 57.2 Å². The summed E-state index contributed by atoms with van der Waals surface area (Å²) >= 11 is 0. The van der Waals surface area contributed by atoms with E-state index in [2.05, 4.69) is 22.1 Å². The number of carbonyl (C=O) groups is 4. The van der Waals surface area contributed by atoms with Crippen molar-refractivity contribution >= 4 is 48.1 Å². The van der Waals surface area contributed by atoms with Gasteiger partial charge in [-0.3, -0.25) is 29.1 Å². The highest BCUT2D eigenvalue weighted by Crippen LogP contribution is 2.39. The number of hydrogen-bond acceptors (Lipinski definition) is 11. The van der Waals surface area contributed by atoms with Gasteiger partial charge in [0.25, 0.3) is 0 Å². The van der Waals surface area contributed by atoms with Crippen LogP contribution in [0.1, 0.15) is 47.0 Å². The van der Waals surface area contributed by atoms with E-state index < -0.39 is 68.3 Å². The summed E-state index contributed by atoms with van der Waals surface area (Å²) in [7, 11) is -4.51. The van der Waals surface area contributed by atoms with Crippen molar-refractivity contribution in [1.82, 2.24) is 4.98 Å². The van der Waals surface area contributed by atoms with Crippen LogP contribution in [0.15, 0.2) is 30.3 Å². The number of carbonyl (C=O) groups excluding carboxylic acids is 4. The Bertz CT molecular complexity index is 1460. The maximum absolute atomic E-state index is 12.0. The molecule has 2 aromatic rings. The first kappa shape index (κ1) is 33.5. The second-order valence-electron chi connectivity index (χ2n) is 9.62. The number of pyridine rings is 1. The average Bonchev–Trinajstić information content (AvgIpc) is 2.90. The lowest BCUT2D eigenvalue weighted by atomic mass is 9.96. The van der Waals surface area contributed by atoms with Crippen molar-refractivity contribution in [2.45, 2.75) is 77.7 Å². The van der Waals surface area contributed by atoms with Gasteiger partial charge in [0.2, 0.25) is 12.4 Å². The molecule has 0 aliphatic carbocycles. The number of ether oxygens (including phenoxy) is 5. The van der Waals surface area contributed by atoms with Gasteiger partial charge in [-0.25, -0.2) is 4.98 Å². The molecule has 1 amide bonds. The van der Waals surface area contributed by atoms with E-state index in [1.54, 1.807) is 24.3 Å². The number of esters is 3. The largest absolute Gasteiger partial charge is 0.461 e. The Hall–Kier alpha value is -4.02. The molecule has 1 aromatic heterocycles. The molecule has 5 atom stereocenters. The number of benzene rings is 1. The van der Waals surface area contributed by atoms with Crippen LogP contribution in [0, 0.1) is 11.8 Å². The standard InChI is InChI=1S/C28H33N2O12P/c1-5-6-7-8-24(34)30-23-12-9-19-15-20(10-11-21(19)29-23)41-28-27(40-18(4)33)26(39-17(3)32)25(38-16(2)31)22(42-28)13-14-43(35,36)37/h9-12,15,22,25-28H,5-6,13-14H2,1-4H3,(H,29,30,34)(H2,35,36,37)/t22-,25-,26+,27+,28+/m1/s1. The second-order valence-corrected chi connectivity index (χ2v) is 11.4. The van der Waals surface area contributed by atoms with Crippen molar-refractivity contribution in [1.29, 1.82) is 0 Å². The molecule has 15 heteroatoms. The van der Waals surface area contributed by atoms with E-state index in [-0.39, 0.29) is 18.0 Å². The van der Waals surface area contributed by atoms with Gasteiger partial charge in [0, 0.05) is 32.6 Å². The Kier molecular flexibility index (Phi) is 11.6. The van der Waals surface area contributed by atoms with Crippen molar-refractivity contribution in [3.05, 3.63) is 30.3 Å². The summed E-state index contributed by atoms with van der Waals surface area (Å²) in [6, 6.07) is 7.97. The summed E-state index contributed by atoms with van der Waals surface area (Å²) in [4.78, 5) is 71.3. The molecule has 0 spiro atoms. The number of nitrogens with one attached hydrogen (secondary N) is 1. The molecule has 1 aromatic carbocycles. The van der Waals surface area contributed by atoms with E-state index in [0.717, 1.165) is 27.2 Å². The van der Waals surface area contributed by atoms with Gasteiger partial charge in [0.05, 0.1) is 11.7 Å². The van der Waals surface area contributed by atoms with Crippen LogP contribution in [0.2, 0.25) is 0 Å². The molecule has 232 valence electrons. The molecule has 1 aliphatic rings. The molecule has 0 radical (unpaired) electrons. The topological polar surface area (TPSA) is 197 Å². The number of aromatic nitrogens is 1. The molecule has 1 fully saturated rings. The zero-order valence-electron chi connectivity index (χ0n) is 24.0. The van der Waals surface area contributed by atoms with Crippen molar-refractivity contribution in [3.63, 3.8) is 0 Å². The van der Waals surface area contributed by atoms with Crippen LogP contribution in [-0.2, 0) is 42.7 Å². The highest BCUT2D eigenvalue weighted by atomic mass is 31.2. The number of nitrogens with zero attached hydrogens (tertiary/aromatic N) is 1. The minimum absolute atomic E-state index is 0.208. The maximum Gasteiger partial charge on any atom is 0.325 e. The molecule has 0 unspecified atom stereocenters. The van der Waals surface area contributed by atoms with E-state index in [9.17, 15) is 33.5 Å². The first-order valence-corrected chi connectivity index (χ1v) is 15.1. The van der Waals surface area contributed by atoms with E-state index in [1.165, 1.54) is 6.07 Å². The Morgan fingerprint density at radius 3 is 2.26 bits per heavy atom. The number of unbranched alkanes of at least 4 members (excludes halogenated alkanes) is 1. The second kappa shape index (κ2) is 14.9. The summed E-state index contributed by atoms with van der Waals surface area (Å²) in [5, 5.41) is 3.20. The first-order valence-electron chi connectivity index (χ1n) is 13.3. The minimum atomic E-state index is -4.51. The van der Waals surface area contributed by atoms with E-state index in [0.29, 0.717) is 17.3 Å². The summed E-state index contributed by atoms with van der Waals surface area (Å²) in [6.07, 6.45) is -6.43. The Labute approximate surface area is 247 Å². The van der Waals surface area contributed by atoms with E-state index >= 15 is 0 Å². The molecule has 3 N–H and O–H groups in total. The molecule has 0 saturated carbocycles. The molecule has 3 rings (SSSR count). The fourth-order valence-corrected chi connectivity index (χ4v) is 4.86. The molecular formula is C28H33N2O12P. The molecule has 2 heterocycles. The summed E-state index contributed by atoms with van der Waals surface area (Å²) in [6.45, 7) is 5.25. The lowest BCUT2D eigenvalue weighted by Crippen LogP contribution is -2.62. The van der Waals surface area contributed by atoms with Gasteiger partial charge in [0.15, 0.2) is 12.2 Å². The SMILES string of the molecule is CCCC#CC(=O)Nc1ccc2cc(O[C@H]3O[C@H](CCP(=O)(O)O)[C@@H](OC(C)=O)[C@H](OC(C)=O)[C@@H]3OC(C)=O)ccc2n1. The predicted molar refractivity (Wildman–Crippen MR) is 151 cm³/mol. The number of rotatable bonds is 10. The monoisotopic (exact) mass is 620 g/mol. The third-order valence-corrected chi connectivity index (χ3v) is 6.77. The Morgan fingerprint density at radius 1 is 0.977 bits per heavy atom. The highest BCUT2D eigenvalue weighted by Gasteiger charge is 2.53. The normalized spacial score (nSPS) is 21.6. The van der Waals surface area contributed by atoms with Crippen LogP contribution >= 0.6 is 7.60 Å². The van der Waals surface area contributed by atoms with Gasteiger partial charge in [0.1, 0.15) is 17.7 Å². The van der Waals surface area contributed by atoms with Crippen LogP contribution in [0.3, 0.4) is 0 Å². The number of anilines is 1. The lowest BCUT2D eigenvalue weighted by Gasteiger charge is -2.44. The molecular weight excluding hydrogens is 587 g/mol. The zero-order valence-corrected chi connectivity index (χ0v) is 24.9. The van der Waals surface area contributed by atoms with Crippen LogP contribution in [-0.4, -0.2) is 75.5 Å². The minimum Gasteiger partial charge on any atom is -0.461 e. The van der Waals surface area contributed by atoms with Crippen LogP contribution < -0.4 is 10.1 Å². The van der Waals surface area contributed by atoms with Crippen molar-refractivity contribution in [3.8, 4) is 17.6 Å². The van der Waals surface area contributed by atoms with Crippen LogP contribution in [0.5, 0.6) is 5.75 Å². The number of hydrogen-bond donors (Lipinski definition) is 3. The fraction of sp³-hybridized carbons (Fsp3) is 0.464. The average molecular weight is 621 g/mol. The van der Waals surface area contributed by atoms with Gasteiger partial charge < -0.3 is 33.5 Å². The van der Waals surface area contributed by atoms with Crippen LogP contribution in [0.25, 0.3) is 10.9 Å². The van der Waals surface area contributed by atoms with Crippen molar-refractivity contribution in [2.24, 2.45) is 0 Å². The van der Waals surface area contributed by atoms with Gasteiger partial charge in [-0.15, -0.1) is 0 Å². The van der Waals surface area contributed by atoms with Gasteiger partial charge >= 0.3 is 31.4 Å². The number of amides is 1. The van der Waals surface area contributed by atoms with Gasteiger partial charge in [-0.05, 0) is 49.1 Å². The van der Waals surface area contributed by atoms with E-state index in [4.69, 9.17) is 23.7 Å². The Morgan fingerprint density at radius 2 is 1.63 bits per heavy atom.